The van der Waals surface area contributed by atoms with E-state index in [1.165, 1.54) is 17.7 Å². The first kappa shape index (κ1) is 18.4. The number of amides is 1. The molecule has 0 atom stereocenters. The van der Waals surface area contributed by atoms with E-state index in [1.54, 1.807) is 13.8 Å². The van der Waals surface area contributed by atoms with E-state index >= 15 is 0 Å². The van der Waals surface area contributed by atoms with Gasteiger partial charge in [-0.2, -0.15) is 0 Å². The summed E-state index contributed by atoms with van der Waals surface area (Å²) in [6.45, 7) is 7.54. The molecule has 0 heterocycles. The van der Waals surface area contributed by atoms with Gasteiger partial charge < -0.3 is 10.1 Å². The lowest BCUT2D eigenvalue weighted by atomic mass is 10.0. The van der Waals surface area contributed by atoms with E-state index < -0.39 is 4.92 Å². The van der Waals surface area contributed by atoms with Crippen molar-refractivity contribution >= 4 is 17.3 Å². The summed E-state index contributed by atoms with van der Waals surface area (Å²) >= 11 is 0. The number of aryl methyl sites for hydroxylation is 2. The monoisotopic (exact) mass is 342 g/mol. The zero-order chi connectivity index (χ0) is 18.6. The number of hydrogen-bond acceptors (Lipinski definition) is 4. The van der Waals surface area contributed by atoms with Crippen LogP contribution in [0.2, 0.25) is 0 Å². The molecular formula is C19H22N2O4. The standard InChI is InChI=1S/C19H22N2O4/c1-12(2)15-5-7-17(8-6-15)25-11-18(22)20-19-13(3)9-16(21(23)24)10-14(19)4/h5-10,12H,11H2,1-4H3,(H,20,22). The molecule has 6 nitrogen and oxygen atoms in total. The number of hydrogen-bond donors (Lipinski definition) is 1. The summed E-state index contributed by atoms with van der Waals surface area (Å²) in [4.78, 5) is 22.5. The van der Waals surface area contributed by atoms with Gasteiger partial charge in [0, 0.05) is 17.8 Å². The summed E-state index contributed by atoms with van der Waals surface area (Å²) in [5.74, 6) is 0.745. The van der Waals surface area contributed by atoms with Crippen molar-refractivity contribution in [3.8, 4) is 5.75 Å². The molecule has 0 aromatic heterocycles. The van der Waals surface area contributed by atoms with Crippen molar-refractivity contribution in [2.45, 2.75) is 33.6 Å². The third-order valence-corrected chi connectivity index (χ3v) is 3.91. The van der Waals surface area contributed by atoms with E-state index in [0.717, 1.165) is 0 Å². The Balaban J connectivity index is 1.99. The molecule has 0 spiro atoms. The number of benzene rings is 2. The molecule has 2 aromatic carbocycles. The van der Waals surface area contributed by atoms with Crippen molar-refractivity contribution in [2.24, 2.45) is 0 Å². The van der Waals surface area contributed by atoms with Crippen LogP contribution in [0.3, 0.4) is 0 Å². The highest BCUT2D eigenvalue weighted by atomic mass is 16.6. The Labute approximate surface area is 147 Å². The van der Waals surface area contributed by atoms with Crippen LogP contribution in [0.1, 0.15) is 36.5 Å². The zero-order valence-electron chi connectivity index (χ0n) is 14.8. The van der Waals surface area contributed by atoms with Crippen LogP contribution < -0.4 is 10.1 Å². The minimum atomic E-state index is -0.449. The topological polar surface area (TPSA) is 81.5 Å². The number of carbonyl (C=O) groups is 1. The molecule has 0 fully saturated rings. The molecule has 132 valence electrons. The first-order valence-electron chi connectivity index (χ1n) is 8.06. The van der Waals surface area contributed by atoms with Gasteiger partial charge in [-0.1, -0.05) is 26.0 Å². The van der Waals surface area contributed by atoms with E-state index in [9.17, 15) is 14.9 Å². The number of rotatable bonds is 6. The molecule has 2 rings (SSSR count). The lowest BCUT2D eigenvalue weighted by Crippen LogP contribution is -2.21. The van der Waals surface area contributed by atoms with Crippen LogP contribution >= 0.6 is 0 Å². The lowest BCUT2D eigenvalue weighted by Gasteiger charge is -2.12. The van der Waals surface area contributed by atoms with Crippen LogP contribution in [0.25, 0.3) is 0 Å². The van der Waals surface area contributed by atoms with Crippen LogP contribution in [0, 0.1) is 24.0 Å². The average molecular weight is 342 g/mol. The van der Waals surface area contributed by atoms with Gasteiger partial charge in [0.15, 0.2) is 6.61 Å². The number of ether oxygens (including phenoxy) is 1. The SMILES string of the molecule is Cc1cc([N+](=O)[O-])cc(C)c1NC(=O)COc1ccc(C(C)C)cc1. The van der Waals surface area contributed by atoms with Gasteiger partial charge in [0.05, 0.1) is 4.92 Å². The Kier molecular flexibility index (Phi) is 5.75. The molecule has 1 N–H and O–H groups in total. The highest BCUT2D eigenvalue weighted by Crippen LogP contribution is 2.26. The van der Waals surface area contributed by atoms with E-state index in [-0.39, 0.29) is 18.2 Å². The van der Waals surface area contributed by atoms with E-state index in [0.29, 0.717) is 28.5 Å². The van der Waals surface area contributed by atoms with Crippen LogP contribution in [0.15, 0.2) is 36.4 Å². The number of nitro groups is 1. The Morgan fingerprint density at radius 3 is 2.20 bits per heavy atom. The zero-order valence-corrected chi connectivity index (χ0v) is 14.8. The van der Waals surface area contributed by atoms with E-state index in [1.807, 2.05) is 24.3 Å². The van der Waals surface area contributed by atoms with Crippen LogP contribution in [0.5, 0.6) is 5.75 Å². The maximum absolute atomic E-state index is 12.1. The number of nitro benzene ring substituents is 1. The summed E-state index contributed by atoms with van der Waals surface area (Å²) in [7, 11) is 0. The number of nitrogens with zero attached hydrogens (tertiary/aromatic N) is 1. The van der Waals surface area contributed by atoms with Crippen molar-refractivity contribution in [1.82, 2.24) is 0 Å². The summed E-state index contributed by atoms with van der Waals surface area (Å²) in [6.07, 6.45) is 0. The first-order chi connectivity index (χ1) is 11.8. The molecule has 0 aliphatic carbocycles. The molecule has 0 radical (unpaired) electrons. The first-order valence-corrected chi connectivity index (χ1v) is 8.06. The number of nitrogens with one attached hydrogen (secondary N) is 1. The number of anilines is 1. The van der Waals surface area contributed by atoms with Crippen molar-refractivity contribution in [3.63, 3.8) is 0 Å². The van der Waals surface area contributed by atoms with Gasteiger partial charge in [-0.25, -0.2) is 0 Å². The van der Waals surface area contributed by atoms with Crippen LogP contribution in [0.4, 0.5) is 11.4 Å². The molecule has 0 bridgehead atoms. The average Bonchev–Trinajstić information content (AvgIpc) is 2.56. The summed E-state index contributed by atoms with van der Waals surface area (Å²) in [5.41, 5.74) is 3.07. The smallest absolute Gasteiger partial charge is 0.270 e. The summed E-state index contributed by atoms with van der Waals surface area (Å²) < 4.78 is 5.50. The predicted molar refractivity (Wildman–Crippen MR) is 97.2 cm³/mol. The Bertz CT molecular complexity index is 760. The van der Waals surface area contributed by atoms with Gasteiger partial charge >= 0.3 is 0 Å². The van der Waals surface area contributed by atoms with Gasteiger partial charge in [-0.05, 0) is 48.6 Å². The molecular weight excluding hydrogens is 320 g/mol. The van der Waals surface area contributed by atoms with Gasteiger partial charge in [0.1, 0.15) is 5.75 Å². The second-order valence-electron chi connectivity index (χ2n) is 6.27. The fraction of sp³-hybridized carbons (Fsp3) is 0.316. The lowest BCUT2D eigenvalue weighted by molar-refractivity contribution is -0.384. The molecule has 0 aliphatic rings. The van der Waals surface area contributed by atoms with E-state index in [2.05, 4.69) is 19.2 Å². The van der Waals surface area contributed by atoms with Crippen molar-refractivity contribution in [3.05, 3.63) is 63.2 Å². The highest BCUT2D eigenvalue weighted by molar-refractivity contribution is 5.93. The molecule has 0 saturated carbocycles. The predicted octanol–water partition coefficient (Wildman–Crippen LogP) is 4.35. The van der Waals surface area contributed by atoms with E-state index in [4.69, 9.17) is 4.74 Å². The fourth-order valence-electron chi connectivity index (χ4n) is 2.52. The Hall–Kier alpha value is -2.89. The number of carbonyl (C=O) groups excluding carboxylic acids is 1. The molecule has 0 saturated heterocycles. The van der Waals surface area contributed by atoms with Crippen molar-refractivity contribution < 1.29 is 14.5 Å². The third-order valence-electron chi connectivity index (χ3n) is 3.91. The highest BCUT2D eigenvalue weighted by Gasteiger charge is 2.14. The Morgan fingerprint density at radius 1 is 1.16 bits per heavy atom. The minimum absolute atomic E-state index is 0.00879. The van der Waals surface area contributed by atoms with Crippen molar-refractivity contribution in [1.29, 1.82) is 0 Å². The molecule has 6 heteroatoms. The van der Waals surface area contributed by atoms with Gasteiger partial charge in [0.25, 0.3) is 11.6 Å². The summed E-state index contributed by atoms with van der Waals surface area (Å²) in [6, 6.07) is 10.5. The second-order valence-corrected chi connectivity index (χ2v) is 6.27. The maximum atomic E-state index is 12.1. The second kappa shape index (κ2) is 7.79. The number of non-ortho nitro benzene ring substituents is 1. The third kappa shape index (κ3) is 4.79. The molecule has 1 amide bonds. The van der Waals surface area contributed by atoms with Crippen molar-refractivity contribution in [2.75, 3.05) is 11.9 Å². The Morgan fingerprint density at radius 2 is 1.72 bits per heavy atom. The fourth-order valence-corrected chi connectivity index (χ4v) is 2.52. The molecule has 0 aliphatic heterocycles. The van der Waals surface area contributed by atoms with Crippen LogP contribution in [-0.2, 0) is 4.79 Å². The molecule has 25 heavy (non-hydrogen) atoms. The van der Waals surface area contributed by atoms with Gasteiger partial charge in [0.2, 0.25) is 0 Å². The largest absolute Gasteiger partial charge is 0.484 e. The van der Waals surface area contributed by atoms with Gasteiger partial charge in [-0.15, -0.1) is 0 Å². The minimum Gasteiger partial charge on any atom is -0.484 e. The molecule has 0 unspecified atom stereocenters. The summed E-state index contributed by atoms with van der Waals surface area (Å²) in [5, 5.41) is 13.6. The van der Waals surface area contributed by atoms with Gasteiger partial charge in [-0.3, -0.25) is 14.9 Å². The van der Waals surface area contributed by atoms with Crippen LogP contribution in [-0.4, -0.2) is 17.4 Å². The maximum Gasteiger partial charge on any atom is 0.270 e. The molecule has 2 aromatic rings. The normalized spacial score (nSPS) is 10.6. The quantitative estimate of drug-likeness (QED) is 0.625.